The van der Waals surface area contributed by atoms with Crippen molar-refractivity contribution in [1.29, 1.82) is 0 Å². The number of rotatable bonds is 6. The molecule has 0 aliphatic heterocycles. The van der Waals surface area contributed by atoms with Crippen LogP contribution < -0.4 is 5.32 Å². The Morgan fingerprint density at radius 3 is 2.84 bits per heavy atom. The van der Waals surface area contributed by atoms with Crippen molar-refractivity contribution >= 4 is 23.5 Å². The summed E-state index contributed by atoms with van der Waals surface area (Å²) in [6, 6.07) is 9.67. The van der Waals surface area contributed by atoms with Gasteiger partial charge >= 0.3 is 0 Å². The van der Waals surface area contributed by atoms with E-state index in [9.17, 15) is 4.79 Å². The predicted molar refractivity (Wildman–Crippen MR) is 95.9 cm³/mol. The average molecular weight is 357 g/mol. The van der Waals surface area contributed by atoms with Crippen LogP contribution in [0, 0.1) is 13.8 Å². The summed E-state index contributed by atoms with van der Waals surface area (Å²) < 4.78 is 6.88. The molecule has 1 aromatic carbocycles. The van der Waals surface area contributed by atoms with E-state index in [0.717, 1.165) is 11.3 Å². The molecule has 0 aliphatic rings. The van der Waals surface area contributed by atoms with Crippen LogP contribution in [0.15, 0.2) is 46.3 Å². The van der Waals surface area contributed by atoms with Gasteiger partial charge in [-0.25, -0.2) is 0 Å². The third-order valence-electron chi connectivity index (χ3n) is 3.68. The normalized spacial score (nSPS) is 12.1. The Morgan fingerprint density at radius 2 is 2.16 bits per heavy atom. The highest BCUT2D eigenvalue weighted by Crippen LogP contribution is 2.27. The van der Waals surface area contributed by atoms with Crippen molar-refractivity contribution in [3.05, 3.63) is 48.0 Å². The fourth-order valence-electron chi connectivity index (χ4n) is 2.39. The monoisotopic (exact) mass is 357 g/mol. The number of hydrogen-bond donors (Lipinski definition) is 1. The number of hydrogen-bond acceptors (Lipinski definition) is 6. The summed E-state index contributed by atoms with van der Waals surface area (Å²) in [5, 5.41) is 15.1. The first-order chi connectivity index (χ1) is 12.1. The Bertz CT molecular complexity index is 873. The minimum absolute atomic E-state index is 0.139. The maximum Gasteiger partial charge on any atom is 0.239 e. The minimum atomic E-state index is -0.316. The van der Waals surface area contributed by atoms with E-state index in [4.69, 9.17) is 4.52 Å². The van der Waals surface area contributed by atoms with Gasteiger partial charge in [0, 0.05) is 6.07 Å². The van der Waals surface area contributed by atoms with Crippen LogP contribution in [-0.4, -0.2) is 31.1 Å². The number of nitrogens with zero attached hydrogens (tertiary/aromatic N) is 4. The molecule has 130 valence electrons. The molecule has 0 radical (unpaired) electrons. The van der Waals surface area contributed by atoms with E-state index in [0.29, 0.717) is 23.2 Å². The van der Waals surface area contributed by atoms with E-state index >= 15 is 0 Å². The molecule has 2 aromatic heterocycles. The van der Waals surface area contributed by atoms with Gasteiger partial charge in [-0.2, -0.15) is 0 Å². The number of aryl methyl sites for hydroxylation is 2. The van der Waals surface area contributed by atoms with E-state index in [-0.39, 0.29) is 11.2 Å². The highest BCUT2D eigenvalue weighted by atomic mass is 32.2. The number of carbonyl (C=O) groups is 1. The maximum absolute atomic E-state index is 12.5. The SMILES string of the molecule is CC[C@@H](Sc1nncn1-c1ccccc1C)C(=O)Nc1cc(C)on1. The van der Waals surface area contributed by atoms with Crippen LogP contribution >= 0.6 is 11.8 Å². The number of para-hydroxylation sites is 1. The van der Waals surface area contributed by atoms with Crippen molar-refractivity contribution in [2.75, 3.05) is 5.32 Å². The standard InChI is InChI=1S/C17H19N5O2S/c1-4-14(16(23)19-15-9-12(3)24-21-15)25-17-20-18-10-22(17)13-8-6-5-7-11(13)2/h5-10,14H,4H2,1-3H3,(H,19,21,23)/t14-/m1/s1. The molecule has 1 N–H and O–H groups in total. The van der Waals surface area contributed by atoms with Crippen LogP contribution in [0.5, 0.6) is 0 Å². The fourth-order valence-corrected chi connectivity index (χ4v) is 3.33. The Hall–Kier alpha value is -2.61. The highest BCUT2D eigenvalue weighted by molar-refractivity contribution is 8.00. The van der Waals surface area contributed by atoms with E-state index in [1.54, 1.807) is 19.3 Å². The van der Waals surface area contributed by atoms with Crippen LogP contribution in [0.4, 0.5) is 5.82 Å². The van der Waals surface area contributed by atoms with Gasteiger partial charge in [0.25, 0.3) is 0 Å². The number of amides is 1. The first-order valence-electron chi connectivity index (χ1n) is 7.95. The number of aromatic nitrogens is 4. The number of nitrogens with one attached hydrogen (secondary N) is 1. The molecule has 0 fully saturated rings. The molecule has 0 spiro atoms. The van der Waals surface area contributed by atoms with Crippen molar-refractivity contribution in [2.45, 2.75) is 37.6 Å². The Morgan fingerprint density at radius 1 is 1.36 bits per heavy atom. The van der Waals surface area contributed by atoms with E-state index < -0.39 is 0 Å². The molecule has 0 saturated heterocycles. The molecule has 3 aromatic rings. The van der Waals surface area contributed by atoms with Gasteiger partial charge < -0.3 is 9.84 Å². The van der Waals surface area contributed by atoms with Gasteiger partial charge in [-0.05, 0) is 31.9 Å². The third-order valence-corrected chi connectivity index (χ3v) is 5.00. The van der Waals surface area contributed by atoms with Crippen molar-refractivity contribution in [3.8, 4) is 5.69 Å². The second-order valence-electron chi connectivity index (χ2n) is 5.60. The average Bonchev–Trinajstić information content (AvgIpc) is 3.21. The number of anilines is 1. The quantitative estimate of drug-likeness (QED) is 0.681. The lowest BCUT2D eigenvalue weighted by atomic mass is 10.2. The Balaban J connectivity index is 1.78. The Kier molecular flexibility index (Phi) is 5.18. The van der Waals surface area contributed by atoms with Crippen LogP contribution in [0.3, 0.4) is 0 Å². The largest absolute Gasteiger partial charge is 0.360 e. The van der Waals surface area contributed by atoms with Crippen LogP contribution in [0.2, 0.25) is 0 Å². The summed E-state index contributed by atoms with van der Waals surface area (Å²) in [4.78, 5) is 12.5. The van der Waals surface area contributed by atoms with Gasteiger partial charge in [0.1, 0.15) is 12.1 Å². The van der Waals surface area contributed by atoms with Gasteiger partial charge in [-0.15, -0.1) is 10.2 Å². The molecular weight excluding hydrogens is 338 g/mol. The Labute approximate surface area is 149 Å². The van der Waals surface area contributed by atoms with Gasteiger partial charge in [0.05, 0.1) is 10.9 Å². The van der Waals surface area contributed by atoms with Crippen molar-refractivity contribution < 1.29 is 9.32 Å². The zero-order chi connectivity index (χ0) is 17.8. The molecule has 0 aliphatic carbocycles. The summed E-state index contributed by atoms with van der Waals surface area (Å²) in [7, 11) is 0. The van der Waals surface area contributed by atoms with Crippen LogP contribution in [0.1, 0.15) is 24.7 Å². The van der Waals surface area contributed by atoms with Gasteiger partial charge in [-0.3, -0.25) is 9.36 Å². The molecule has 2 heterocycles. The van der Waals surface area contributed by atoms with Crippen LogP contribution in [-0.2, 0) is 4.79 Å². The van der Waals surface area contributed by atoms with Crippen molar-refractivity contribution in [3.63, 3.8) is 0 Å². The molecular formula is C17H19N5O2S. The highest BCUT2D eigenvalue weighted by Gasteiger charge is 2.22. The second kappa shape index (κ2) is 7.52. The van der Waals surface area contributed by atoms with Gasteiger partial charge in [0.2, 0.25) is 5.91 Å². The van der Waals surface area contributed by atoms with E-state index in [1.807, 2.05) is 42.7 Å². The molecule has 0 bridgehead atoms. The summed E-state index contributed by atoms with van der Waals surface area (Å²) in [6.45, 7) is 5.76. The maximum atomic E-state index is 12.5. The number of benzene rings is 1. The first kappa shape index (κ1) is 17.2. The van der Waals surface area contributed by atoms with Crippen molar-refractivity contribution in [2.24, 2.45) is 0 Å². The van der Waals surface area contributed by atoms with E-state index in [1.165, 1.54) is 11.8 Å². The summed E-state index contributed by atoms with van der Waals surface area (Å²) in [5.74, 6) is 0.928. The molecule has 7 nitrogen and oxygen atoms in total. The lowest BCUT2D eigenvalue weighted by molar-refractivity contribution is -0.115. The topological polar surface area (TPSA) is 85.8 Å². The lowest BCUT2D eigenvalue weighted by Gasteiger charge is -2.14. The smallest absolute Gasteiger partial charge is 0.239 e. The fraction of sp³-hybridized carbons (Fsp3) is 0.294. The second-order valence-corrected chi connectivity index (χ2v) is 6.77. The molecule has 25 heavy (non-hydrogen) atoms. The molecule has 3 rings (SSSR count). The number of thioether (sulfide) groups is 1. The third kappa shape index (κ3) is 3.90. The summed E-state index contributed by atoms with van der Waals surface area (Å²) in [6.07, 6.45) is 2.31. The number of carbonyl (C=O) groups excluding carboxylic acids is 1. The molecule has 0 unspecified atom stereocenters. The zero-order valence-corrected chi connectivity index (χ0v) is 15.1. The summed E-state index contributed by atoms with van der Waals surface area (Å²) >= 11 is 1.38. The molecule has 1 atom stereocenters. The predicted octanol–water partition coefficient (Wildman–Crippen LogP) is 3.38. The molecule has 0 saturated carbocycles. The van der Waals surface area contributed by atoms with Gasteiger partial charge in [-0.1, -0.05) is 42.0 Å². The zero-order valence-electron chi connectivity index (χ0n) is 14.3. The van der Waals surface area contributed by atoms with Crippen LogP contribution in [0.25, 0.3) is 5.69 Å². The molecule has 8 heteroatoms. The lowest BCUT2D eigenvalue weighted by Crippen LogP contribution is -2.25. The minimum Gasteiger partial charge on any atom is -0.360 e. The summed E-state index contributed by atoms with van der Waals surface area (Å²) in [5.41, 5.74) is 2.11. The van der Waals surface area contributed by atoms with Crippen molar-refractivity contribution in [1.82, 2.24) is 19.9 Å². The van der Waals surface area contributed by atoms with E-state index in [2.05, 4.69) is 20.7 Å². The first-order valence-corrected chi connectivity index (χ1v) is 8.83. The molecule has 1 amide bonds. The van der Waals surface area contributed by atoms with Gasteiger partial charge in [0.15, 0.2) is 11.0 Å².